The van der Waals surface area contributed by atoms with Crippen molar-refractivity contribution in [3.63, 3.8) is 0 Å². The van der Waals surface area contributed by atoms with E-state index in [0.29, 0.717) is 0 Å². The van der Waals surface area contributed by atoms with E-state index in [4.69, 9.17) is 5.84 Å². The van der Waals surface area contributed by atoms with Crippen LogP contribution in [0.25, 0.3) is 0 Å². The van der Waals surface area contributed by atoms with Gasteiger partial charge >= 0.3 is 0 Å². The van der Waals surface area contributed by atoms with Crippen molar-refractivity contribution in [2.45, 2.75) is 45.6 Å². The van der Waals surface area contributed by atoms with Gasteiger partial charge in [0, 0.05) is 5.41 Å². The quantitative estimate of drug-likeness (QED) is 0.671. The van der Waals surface area contributed by atoms with E-state index >= 15 is 0 Å². The third-order valence-corrected chi connectivity index (χ3v) is 4.14. The molecule has 0 aliphatic carbocycles. The van der Waals surface area contributed by atoms with E-state index in [1.54, 1.807) is 0 Å². The first kappa shape index (κ1) is 15.1. The predicted molar refractivity (Wildman–Crippen MR) is 83.6 cm³/mol. The Labute approximate surface area is 124 Å². The van der Waals surface area contributed by atoms with Crippen LogP contribution in [0.4, 0.5) is 0 Å². The third kappa shape index (κ3) is 3.42. The highest BCUT2D eigenvalue weighted by Gasteiger charge is 2.26. The number of hydrogen-bond acceptors (Lipinski definition) is 5. The molecule has 0 aliphatic heterocycles. The molecule has 1 heterocycles. The molecule has 20 heavy (non-hydrogen) atoms. The average molecular weight is 290 g/mol. The largest absolute Gasteiger partial charge is 0.271 e. The van der Waals surface area contributed by atoms with Gasteiger partial charge in [-0.1, -0.05) is 55.1 Å². The van der Waals surface area contributed by atoms with Crippen LogP contribution in [0.15, 0.2) is 24.3 Å². The second-order valence-electron chi connectivity index (χ2n) is 6.14. The van der Waals surface area contributed by atoms with E-state index in [1.807, 2.05) is 0 Å². The van der Waals surface area contributed by atoms with Gasteiger partial charge in [-0.15, -0.1) is 5.10 Å². The normalized spacial score (nSPS) is 13.4. The van der Waals surface area contributed by atoms with Crippen molar-refractivity contribution in [3.05, 3.63) is 46.0 Å². The first-order valence-electron chi connectivity index (χ1n) is 6.76. The van der Waals surface area contributed by atoms with Crippen LogP contribution >= 0.6 is 11.5 Å². The molecule has 1 atom stereocenters. The van der Waals surface area contributed by atoms with Crippen molar-refractivity contribution in [2.24, 2.45) is 5.84 Å². The lowest BCUT2D eigenvalue weighted by molar-refractivity contribution is 0.515. The van der Waals surface area contributed by atoms with E-state index in [1.165, 1.54) is 22.7 Å². The van der Waals surface area contributed by atoms with Crippen LogP contribution in [0.2, 0.25) is 0 Å². The molecule has 5 heteroatoms. The molecule has 108 valence electrons. The topological polar surface area (TPSA) is 63.8 Å². The molecule has 0 fully saturated rings. The minimum atomic E-state index is -0.0231. The summed E-state index contributed by atoms with van der Waals surface area (Å²) in [6.07, 6.45) is 0.837. The molecular weight excluding hydrogens is 268 g/mol. The lowest BCUT2D eigenvalue weighted by atomic mass is 9.89. The van der Waals surface area contributed by atoms with E-state index in [-0.39, 0.29) is 11.5 Å². The second kappa shape index (κ2) is 5.99. The lowest BCUT2D eigenvalue weighted by Gasteiger charge is -2.21. The summed E-state index contributed by atoms with van der Waals surface area (Å²) in [4.78, 5) is 1.13. The standard InChI is InChI=1S/C15H22N4S/c1-10-5-7-11(8-6-10)9-12(17-16)13-14(15(2,3)4)18-19-20-13/h5-8,12,17H,9,16H2,1-4H3. The van der Waals surface area contributed by atoms with Crippen molar-refractivity contribution >= 4 is 11.5 Å². The summed E-state index contributed by atoms with van der Waals surface area (Å²) in [5, 5.41) is 4.29. The Morgan fingerprint density at radius 3 is 2.45 bits per heavy atom. The number of aryl methyl sites for hydroxylation is 1. The van der Waals surface area contributed by atoms with Gasteiger partial charge in [0.2, 0.25) is 0 Å². The number of nitrogens with one attached hydrogen (secondary N) is 1. The first-order chi connectivity index (χ1) is 9.41. The smallest absolute Gasteiger partial charge is 0.0857 e. The van der Waals surface area contributed by atoms with Crippen LogP contribution in [0.5, 0.6) is 0 Å². The van der Waals surface area contributed by atoms with Crippen LogP contribution in [0.1, 0.15) is 48.5 Å². The van der Waals surface area contributed by atoms with E-state index in [9.17, 15) is 0 Å². The number of rotatable bonds is 4. The Kier molecular flexibility index (Phi) is 4.52. The third-order valence-electron chi connectivity index (χ3n) is 3.30. The Morgan fingerprint density at radius 1 is 1.25 bits per heavy atom. The summed E-state index contributed by atoms with van der Waals surface area (Å²) in [6, 6.07) is 8.58. The maximum absolute atomic E-state index is 5.75. The Balaban J connectivity index is 2.25. The van der Waals surface area contributed by atoms with Crippen LogP contribution in [-0.4, -0.2) is 9.59 Å². The molecule has 0 saturated carbocycles. The molecule has 0 aliphatic rings. The highest BCUT2D eigenvalue weighted by molar-refractivity contribution is 7.05. The molecule has 4 nitrogen and oxygen atoms in total. The number of nitrogens with zero attached hydrogens (tertiary/aromatic N) is 2. The van der Waals surface area contributed by atoms with Crippen molar-refractivity contribution in [2.75, 3.05) is 0 Å². The van der Waals surface area contributed by atoms with Gasteiger partial charge in [0.25, 0.3) is 0 Å². The van der Waals surface area contributed by atoms with Gasteiger partial charge in [-0.05, 0) is 30.4 Å². The monoisotopic (exact) mass is 290 g/mol. The predicted octanol–water partition coefficient (Wildman–Crippen LogP) is 2.89. The fourth-order valence-corrected chi connectivity index (χ4v) is 3.06. The molecule has 0 saturated heterocycles. The SMILES string of the molecule is Cc1ccc(CC(NN)c2snnc2C(C)(C)C)cc1. The van der Waals surface area contributed by atoms with Gasteiger partial charge < -0.3 is 0 Å². The van der Waals surface area contributed by atoms with E-state index in [0.717, 1.165) is 17.0 Å². The summed E-state index contributed by atoms with van der Waals surface area (Å²) >= 11 is 1.43. The van der Waals surface area contributed by atoms with Crippen LogP contribution in [-0.2, 0) is 11.8 Å². The molecule has 2 aromatic rings. The van der Waals surface area contributed by atoms with Gasteiger partial charge in [0.05, 0.1) is 16.6 Å². The van der Waals surface area contributed by atoms with Crippen molar-refractivity contribution in [1.29, 1.82) is 0 Å². The maximum atomic E-state index is 5.75. The van der Waals surface area contributed by atoms with Gasteiger partial charge in [-0.2, -0.15) is 0 Å². The minimum Gasteiger partial charge on any atom is -0.271 e. The zero-order chi connectivity index (χ0) is 14.8. The molecule has 1 unspecified atom stereocenters. The van der Waals surface area contributed by atoms with Crippen molar-refractivity contribution < 1.29 is 0 Å². The minimum absolute atomic E-state index is 0.0231. The average Bonchev–Trinajstić information content (AvgIpc) is 2.87. The Morgan fingerprint density at radius 2 is 1.90 bits per heavy atom. The molecule has 0 bridgehead atoms. The molecule has 1 aromatic carbocycles. The summed E-state index contributed by atoms with van der Waals surface area (Å²) in [5.41, 5.74) is 6.43. The molecule has 3 N–H and O–H groups in total. The molecule has 0 amide bonds. The molecule has 2 rings (SSSR count). The number of hydrazine groups is 1. The van der Waals surface area contributed by atoms with Crippen LogP contribution in [0, 0.1) is 6.92 Å². The zero-order valence-corrected chi connectivity index (χ0v) is 13.3. The number of nitrogens with two attached hydrogens (primary N) is 1. The van der Waals surface area contributed by atoms with Crippen LogP contribution < -0.4 is 11.3 Å². The van der Waals surface area contributed by atoms with Crippen molar-refractivity contribution in [1.82, 2.24) is 15.0 Å². The van der Waals surface area contributed by atoms with Crippen molar-refractivity contribution in [3.8, 4) is 0 Å². The lowest BCUT2D eigenvalue weighted by Crippen LogP contribution is -2.31. The fraction of sp³-hybridized carbons (Fsp3) is 0.467. The number of benzene rings is 1. The zero-order valence-electron chi connectivity index (χ0n) is 12.5. The maximum Gasteiger partial charge on any atom is 0.0857 e. The Hall–Kier alpha value is -1.30. The summed E-state index contributed by atoms with van der Waals surface area (Å²) in [7, 11) is 0. The van der Waals surface area contributed by atoms with E-state index < -0.39 is 0 Å². The van der Waals surface area contributed by atoms with E-state index in [2.05, 4.69) is 67.0 Å². The number of hydrogen-bond donors (Lipinski definition) is 2. The second-order valence-corrected chi connectivity index (χ2v) is 6.93. The fourth-order valence-electron chi connectivity index (χ4n) is 2.13. The molecule has 1 aromatic heterocycles. The van der Waals surface area contributed by atoms with Gasteiger partial charge in [-0.25, -0.2) is 0 Å². The summed E-state index contributed by atoms with van der Waals surface area (Å²) in [6.45, 7) is 8.53. The highest BCUT2D eigenvalue weighted by atomic mass is 32.1. The molecular formula is C15H22N4S. The summed E-state index contributed by atoms with van der Waals surface area (Å²) < 4.78 is 4.11. The number of aromatic nitrogens is 2. The van der Waals surface area contributed by atoms with Gasteiger partial charge in [0.15, 0.2) is 0 Å². The molecule has 0 spiro atoms. The van der Waals surface area contributed by atoms with Gasteiger partial charge in [0.1, 0.15) is 0 Å². The van der Waals surface area contributed by atoms with Gasteiger partial charge in [-0.3, -0.25) is 11.3 Å². The van der Waals surface area contributed by atoms with Crippen LogP contribution in [0.3, 0.4) is 0 Å². The highest BCUT2D eigenvalue weighted by Crippen LogP contribution is 2.31. The molecule has 0 radical (unpaired) electrons. The summed E-state index contributed by atoms with van der Waals surface area (Å²) in [5.74, 6) is 5.75. The first-order valence-corrected chi connectivity index (χ1v) is 7.53. The Bertz CT molecular complexity index is 554.